The van der Waals surface area contributed by atoms with Crippen molar-refractivity contribution in [2.45, 2.75) is 6.92 Å². The van der Waals surface area contributed by atoms with Crippen LogP contribution in [0.1, 0.15) is 26.3 Å². The fourth-order valence-corrected chi connectivity index (χ4v) is 2.00. The summed E-state index contributed by atoms with van der Waals surface area (Å²) in [5, 5.41) is 0. The van der Waals surface area contributed by atoms with Gasteiger partial charge in [0, 0.05) is 11.1 Å². The lowest BCUT2D eigenvalue weighted by Gasteiger charge is -2.08. The van der Waals surface area contributed by atoms with Crippen LogP contribution in [-0.2, 0) is 0 Å². The Morgan fingerprint density at radius 3 is 2.18 bits per heavy atom. The van der Waals surface area contributed by atoms with Gasteiger partial charge in [-0.2, -0.15) is 0 Å². The van der Waals surface area contributed by atoms with Crippen molar-refractivity contribution in [3.8, 4) is 11.5 Å². The van der Waals surface area contributed by atoms with Crippen molar-refractivity contribution < 1.29 is 19.1 Å². The third-order valence-electron chi connectivity index (χ3n) is 3.24. The van der Waals surface area contributed by atoms with Crippen LogP contribution in [0.25, 0.3) is 0 Å². The molecule has 0 spiro atoms. The van der Waals surface area contributed by atoms with Crippen molar-refractivity contribution >= 4 is 11.8 Å². The van der Waals surface area contributed by atoms with E-state index in [9.17, 15) is 9.59 Å². The Labute approximate surface area is 127 Å². The number of ether oxygens (including phenoxy) is 2. The summed E-state index contributed by atoms with van der Waals surface area (Å²) in [6.45, 7) is 2.08. The molecule has 2 N–H and O–H groups in total. The number of hydrogen-bond donors (Lipinski definition) is 2. The zero-order chi connectivity index (χ0) is 15.5. The van der Waals surface area contributed by atoms with Crippen LogP contribution in [0.2, 0.25) is 0 Å². The van der Waals surface area contributed by atoms with E-state index >= 15 is 0 Å². The molecule has 2 aromatic carbocycles. The highest BCUT2D eigenvalue weighted by Gasteiger charge is 2.16. The third-order valence-corrected chi connectivity index (χ3v) is 3.24. The summed E-state index contributed by atoms with van der Waals surface area (Å²) in [5.41, 5.74) is 6.64. The molecule has 6 heteroatoms. The molecule has 6 nitrogen and oxygen atoms in total. The van der Waals surface area contributed by atoms with E-state index in [0.717, 1.165) is 5.56 Å². The van der Waals surface area contributed by atoms with E-state index in [4.69, 9.17) is 9.47 Å². The number of hydrogen-bond acceptors (Lipinski definition) is 4. The SMILES string of the molecule is Cc1ccc(C(=O)NNC(=O)c2ccc3c(c2)OCO3)cc1. The van der Waals surface area contributed by atoms with Gasteiger partial charge in [-0.1, -0.05) is 17.7 Å². The highest BCUT2D eigenvalue weighted by Crippen LogP contribution is 2.32. The number of amides is 2. The molecule has 2 amide bonds. The van der Waals surface area contributed by atoms with Gasteiger partial charge in [0.15, 0.2) is 11.5 Å². The topological polar surface area (TPSA) is 76.7 Å². The van der Waals surface area contributed by atoms with Crippen molar-refractivity contribution in [3.63, 3.8) is 0 Å². The number of carbonyl (C=O) groups is 2. The van der Waals surface area contributed by atoms with E-state index in [2.05, 4.69) is 10.9 Å². The Morgan fingerprint density at radius 2 is 1.45 bits per heavy atom. The second kappa shape index (κ2) is 5.77. The van der Waals surface area contributed by atoms with E-state index in [0.29, 0.717) is 22.6 Å². The molecule has 0 aromatic heterocycles. The van der Waals surface area contributed by atoms with E-state index in [1.54, 1.807) is 30.3 Å². The first kappa shape index (κ1) is 13.9. The minimum atomic E-state index is -0.432. The maximum absolute atomic E-state index is 12.0. The van der Waals surface area contributed by atoms with Crippen LogP contribution in [0.4, 0.5) is 0 Å². The number of benzene rings is 2. The summed E-state index contributed by atoms with van der Waals surface area (Å²) in [6.07, 6.45) is 0. The van der Waals surface area contributed by atoms with Gasteiger partial charge < -0.3 is 9.47 Å². The predicted molar refractivity (Wildman–Crippen MR) is 78.7 cm³/mol. The Hall–Kier alpha value is -3.02. The smallest absolute Gasteiger partial charge is 0.269 e. The normalized spacial score (nSPS) is 11.9. The first-order valence-electron chi connectivity index (χ1n) is 6.70. The lowest BCUT2D eigenvalue weighted by molar-refractivity contribution is 0.0846. The summed E-state index contributed by atoms with van der Waals surface area (Å²) in [5.74, 6) is 0.297. The highest BCUT2D eigenvalue weighted by atomic mass is 16.7. The van der Waals surface area contributed by atoms with Gasteiger partial charge in [0.2, 0.25) is 6.79 Å². The molecular formula is C16H14N2O4. The predicted octanol–water partition coefficient (Wildman–Crippen LogP) is 1.80. The quantitative estimate of drug-likeness (QED) is 0.829. The number of carbonyl (C=O) groups excluding carboxylic acids is 2. The number of aryl methyl sites for hydroxylation is 1. The summed E-state index contributed by atoms with van der Waals surface area (Å²) in [6, 6.07) is 11.9. The van der Waals surface area contributed by atoms with Crippen LogP contribution in [0.3, 0.4) is 0 Å². The molecule has 2 aromatic rings. The molecule has 1 heterocycles. The largest absolute Gasteiger partial charge is 0.454 e. The molecule has 1 aliphatic heterocycles. The molecule has 0 fully saturated rings. The van der Waals surface area contributed by atoms with Gasteiger partial charge in [0.25, 0.3) is 11.8 Å². The maximum atomic E-state index is 12.0. The molecule has 112 valence electrons. The standard InChI is InChI=1S/C16H14N2O4/c1-10-2-4-11(5-3-10)15(19)17-18-16(20)12-6-7-13-14(8-12)22-9-21-13/h2-8H,9H2,1H3,(H,17,19)(H,18,20). The lowest BCUT2D eigenvalue weighted by Crippen LogP contribution is -2.41. The van der Waals surface area contributed by atoms with E-state index in [-0.39, 0.29) is 12.7 Å². The molecule has 0 aliphatic carbocycles. The summed E-state index contributed by atoms with van der Waals surface area (Å²) in [4.78, 5) is 23.9. The fraction of sp³-hybridized carbons (Fsp3) is 0.125. The van der Waals surface area contributed by atoms with Crippen LogP contribution >= 0.6 is 0 Å². The van der Waals surface area contributed by atoms with Crippen molar-refractivity contribution in [2.24, 2.45) is 0 Å². The Bertz CT molecular complexity index is 725. The van der Waals surface area contributed by atoms with Gasteiger partial charge in [0.1, 0.15) is 0 Å². The van der Waals surface area contributed by atoms with Gasteiger partial charge in [-0.15, -0.1) is 0 Å². The average Bonchev–Trinajstić information content (AvgIpc) is 3.00. The second-order valence-corrected chi connectivity index (χ2v) is 4.84. The summed E-state index contributed by atoms with van der Waals surface area (Å²) >= 11 is 0. The Kier molecular flexibility index (Phi) is 3.65. The van der Waals surface area contributed by atoms with Crippen LogP contribution in [-0.4, -0.2) is 18.6 Å². The Balaban J connectivity index is 1.62. The zero-order valence-corrected chi connectivity index (χ0v) is 11.9. The number of nitrogens with one attached hydrogen (secondary N) is 2. The first-order chi connectivity index (χ1) is 10.6. The van der Waals surface area contributed by atoms with E-state index < -0.39 is 5.91 Å². The monoisotopic (exact) mass is 298 g/mol. The van der Waals surface area contributed by atoms with Crippen molar-refractivity contribution in [1.82, 2.24) is 10.9 Å². The van der Waals surface area contributed by atoms with Gasteiger partial charge in [-0.25, -0.2) is 0 Å². The van der Waals surface area contributed by atoms with Crippen LogP contribution in [0, 0.1) is 6.92 Å². The van der Waals surface area contributed by atoms with Gasteiger partial charge in [0.05, 0.1) is 0 Å². The zero-order valence-electron chi connectivity index (χ0n) is 11.9. The van der Waals surface area contributed by atoms with Crippen molar-refractivity contribution in [1.29, 1.82) is 0 Å². The van der Waals surface area contributed by atoms with E-state index in [1.165, 1.54) is 0 Å². The number of fused-ring (bicyclic) bond motifs is 1. The van der Waals surface area contributed by atoms with Crippen molar-refractivity contribution in [3.05, 3.63) is 59.2 Å². The third kappa shape index (κ3) is 2.85. The van der Waals surface area contributed by atoms with Gasteiger partial charge >= 0.3 is 0 Å². The minimum Gasteiger partial charge on any atom is -0.454 e. The molecule has 0 saturated heterocycles. The fourth-order valence-electron chi connectivity index (χ4n) is 2.00. The molecule has 0 saturated carbocycles. The van der Waals surface area contributed by atoms with Crippen molar-refractivity contribution in [2.75, 3.05) is 6.79 Å². The number of rotatable bonds is 2. The van der Waals surface area contributed by atoms with Gasteiger partial charge in [-0.05, 0) is 37.3 Å². The first-order valence-corrected chi connectivity index (χ1v) is 6.70. The molecule has 0 bridgehead atoms. The van der Waals surface area contributed by atoms with E-state index in [1.807, 2.05) is 19.1 Å². The molecular weight excluding hydrogens is 284 g/mol. The second-order valence-electron chi connectivity index (χ2n) is 4.84. The van der Waals surface area contributed by atoms with Crippen LogP contribution < -0.4 is 20.3 Å². The maximum Gasteiger partial charge on any atom is 0.269 e. The molecule has 0 atom stereocenters. The molecule has 3 rings (SSSR count). The molecule has 0 unspecified atom stereocenters. The molecule has 22 heavy (non-hydrogen) atoms. The molecule has 0 radical (unpaired) electrons. The highest BCUT2D eigenvalue weighted by molar-refractivity contribution is 5.99. The Morgan fingerprint density at radius 1 is 0.864 bits per heavy atom. The number of hydrazine groups is 1. The van der Waals surface area contributed by atoms with Crippen LogP contribution in [0.5, 0.6) is 11.5 Å². The average molecular weight is 298 g/mol. The lowest BCUT2D eigenvalue weighted by atomic mass is 10.1. The molecule has 1 aliphatic rings. The van der Waals surface area contributed by atoms with Crippen LogP contribution in [0.15, 0.2) is 42.5 Å². The minimum absolute atomic E-state index is 0.143. The summed E-state index contributed by atoms with van der Waals surface area (Å²) < 4.78 is 10.4. The van der Waals surface area contributed by atoms with Gasteiger partial charge in [-0.3, -0.25) is 20.4 Å². The summed E-state index contributed by atoms with van der Waals surface area (Å²) in [7, 11) is 0.